The number of benzene rings is 2. The molecule has 5 rings (SSSR count). The molecular formula is C26H27ClF3N3O4S. The first-order chi connectivity index (χ1) is 17.9. The van der Waals surface area contributed by atoms with Gasteiger partial charge in [-0.25, -0.2) is 8.42 Å². The normalized spacial score (nSPS) is 20.9. The van der Waals surface area contributed by atoms with Gasteiger partial charge in [0.15, 0.2) is 0 Å². The fourth-order valence-electron chi connectivity index (χ4n) is 5.20. The van der Waals surface area contributed by atoms with E-state index in [1.807, 2.05) is 6.92 Å². The van der Waals surface area contributed by atoms with Gasteiger partial charge in [0.2, 0.25) is 21.8 Å². The lowest BCUT2D eigenvalue weighted by Crippen LogP contribution is -2.41. The highest BCUT2D eigenvalue weighted by atomic mass is 35.5. The number of alkyl halides is 3. The van der Waals surface area contributed by atoms with Crippen molar-refractivity contribution in [3.8, 4) is 0 Å². The van der Waals surface area contributed by atoms with Crippen LogP contribution in [-0.2, 0) is 32.2 Å². The van der Waals surface area contributed by atoms with E-state index in [4.69, 9.17) is 11.6 Å². The molecule has 1 saturated carbocycles. The summed E-state index contributed by atoms with van der Waals surface area (Å²) in [6, 6.07) is 7.99. The predicted molar refractivity (Wildman–Crippen MR) is 136 cm³/mol. The Bertz CT molecular complexity index is 1390. The minimum atomic E-state index is -4.65. The highest BCUT2D eigenvalue weighted by Gasteiger charge is 2.40. The summed E-state index contributed by atoms with van der Waals surface area (Å²) in [5, 5.41) is 2.04. The summed E-state index contributed by atoms with van der Waals surface area (Å²) in [5.41, 5.74) is 0.521. The average molecular weight is 570 g/mol. The minimum absolute atomic E-state index is 0.0247. The van der Waals surface area contributed by atoms with Gasteiger partial charge in [0, 0.05) is 42.3 Å². The summed E-state index contributed by atoms with van der Waals surface area (Å²) < 4.78 is 67.4. The number of piperidine rings is 1. The van der Waals surface area contributed by atoms with Crippen LogP contribution < -0.4 is 10.2 Å². The summed E-state index contributed by atoms with van der Waals surface area (Å²) in [4.78, 5) is 27.3. The summed E-state index contributed by atoms with van der Waals surface area (Å²) in [5.74, 6) is -0.851. The second-order valence-electron chi connectivity index (χ2n) is 10.2. The number of hydrogen-bond donors (Lipinski definition) is 1. The summed E-state index contributed by atoms with van der Waals surface area (Å²) in [7, 11) is -3.82. The van der Waals surface area contributed by atoms with Crippen molar-refractivity contribution < 1.29 is 31.2 Å². The van der Waals surface area contributed by atoms with Crippen molar-refractivity contribution in [2.75, 3.05) is 23.3 Å². The van der Waals surface area contributed by atoms with Crippen LogP contribution in [0.3, 0.4) is 0 Å². The number of halogens is 4. The molecule has 2 aliphatic heterocycles. The molecule has 1 atom stereocenters. The zero-order valence-electron chi connectivity index (χ0n) is 20.6. The van der Waals surface area contributed by atoms with E-state index in [9.17, 15) is 31.2 Å². The van der Waals surface area contributed by atoms with Gasteiger partial charge in [0.05, 0.1) is 15.5 Å². The number of sulfonamides is 1. The lowest BCUT2D eigenvalue weighted by Gasteiger charge is -2.30. The van der Waals surface area contributed by atoms with E-state index in [1.165, 1.54) is 16.4 Å². The zero-order valence-corrected chi connectivity index (χ0v) is 22.2. The molecule has 2 aromatic rings. The lowest BCUT2D eigenvalue weighted by molar-refractivity contribution is -0.137. The van der Waals surface area contributed by atoms with Crippen molar-refractivity contribution in [2.24, 2.45) is 11.8 Å². The zero-order chi connectivity index (χ0) is 27.4. The smallest absolute Gasteiger partial charge is 0.326 e. The highest BCUT2D eigenvalue weighted by Crippen LogP contribution is 2.40. The predicted octanol–water partition coefficient (Wildman–Crippen LogP) is 5.09. The molecule has 3 aliphatic rings. The van der Waals surface area contributed by atoms with Crippen LogP contribution in [-0.4, -0.2) is 43.7 Å². The van der Waals surface area contributed by atoms with Crippen LogP contribution in [0.2, 0.25) is 5.02 Å². The van der Waals surface area contributed by atoms with Crippen molar-refractivity contribution in [1.29, 1.82) is 0 Å². The number of rotatable bonds is 5. The molecule has 12 heteroatoms. The Morgan fingerprint density at radius 2 is 1.68 bits per heavy atom. The van der Waals surface area contributed by atoms with Crippen molar-refractivity contribution >= 4 is 44.8 Å². The van der Waals surface area contributed by atoms with Crippen molar-refractivity contribution in [3.63, 3.8) is 0 Å². The number of anilines is 2. The third-order valence-corrected chi connectivity index (χ3v) is 9.66. The molecule has 1 saturated heterocycles. The number of carbonyl (C=O) groups is 2. The van der Waals surface area contributed by atoms with Crippen molar-refractivity contribution in [2.45, 2.75) is 56.1 Å². The van der Waals surface area contributed by atoms with E-state index in [-0.39, 0.29) is 54.4 Å². The molecule has 0 radical (unpaired) electrons. The van der Waals surface area contributed by atoms with Gasteiger partial charge in [-0.3, -0.25) is 9.59 Å². The molecule has 2 fully saturated rings. The van der Waals surface area contributed by atoms with E-state index >= 15 is 0 Å². The van der Waals surface area contributed by atoms with Crippen LogP contribution in [0.4, 0.5) is 24.5 Å². The van der Waals surface area contributed by atoms with E-state index in [0.29, 0.717) is 6.42 Å². The number of amides is 2. The molecular weight excluding hydrogens is 543 g/mol. The molecule has 2 aromatic carbocycles. The van der Waals surface area contributed by atoms with Crippen LogP contribution in [0, 0.1) is 11.8 Å². The molecule has 1 aliphatic carbocycles. The lowest BCUT2D eigenvalue weighted by atomic mass is 9.97. The first-order valence-corrected chi connectivity index (χ1v) is 14.3. The van der Waals surface area contributed by atoms with Gasteiger partial charge in [0.1, 0.15) is 0 Å². The fraction of sp³-hybridized carbons (Fsp3) is 0.462. The number of carbonyl (C=O) groups excluding carboxylic acids is 2. The van der Waals surface area contributed by atoms with Crippen LogP contribution >= 0.6 is 11.6 Å². The van der Waals surface area contributed by atoms with Crippen molar-refractivity contribution in [3.05, 3.63) is 52.5 Å². The van der Waals surface area contributed by atoms with E-state index in [0.717, 1.165) is 36.2 Å². The van der Waals surface area contributed by atoms with E-state index in [2.05, 4.69) is 5.32 Å². The van der Waals surface area contributed by atoms with E-state index in [1.54, 1.807) is 17.0 Å². The fourth-order valence-corrected chi connectivity index (χ4v) is 6.95. The molecule has 0 aromatic heterocycles. The second-order valence-corrected chi connectivity index (χ2v) is 12.5. The van der Waals surface area contributed by atoms with Gasteiger partial charge >= 0.3 is 6.18 Å². The Balaban J connectivity index is 1.23. The molecule has 0 spiro atoms. The summed E-state index contributed by atoms with van der Waals surface area (Å²) in [6.07, 6.45) is -1.82. The van der Waals surface area contributed by atoms with Crippen LogP contribution in [0.5, 0.6) is 0 Å². The number of hydrogen-bond acceptors (Lipinski definition) is 4. The third-order valence-electron chi connectivity index (χ3n) is 7.43. The van der Waals surface area contributed by atoms with Gasteiger partial charge in [-0.15, -0.1) is 0 Å². The number of nitrogens with zero attached hydrogens (tertiary/aromatic N) is 2. The summed E-state index contributed by atoms with van der Waals surface area (Å²) >= 11 is 5.64. The Morgan fingerprint density at radius 1 is 1.00 bits per heavy atom. The third kappa shape index (κ3) is 5.15. The maximum absolute atomic E-state index is 13.4. The maximum Gasteiger partial charge on any atom is 0.417 e. The Hall–Kier alpha value is -2.63. The molecule has 38 heavy (non-hydrogen) atoms. The number of fused-ring (bicyclic) bond motifs is 1. The largest absolute Gasteiger partial charge is 0.417 e. The monoisotopic (exact) mass is 569 g/mol. The van der Waals surface area contributed by atoms with E-state index < -0.39 is 38.6 Å². The first kappa shape index (κ1) is 27.0. The highest BCUT2D eigenvalue weighted by molar-refractivity contribution is 7.89. The molecule has 2 heterocycles. The quantitative estimate of drug-likeness (QED) is 0.544. The molecule has 204 valence electrons. The maximum atomic E-state index is 13.4. The number of nitrogens with one attached hydrogen (secondary N) is 1. The van der Waals surface area contributed by atoms with Gasteiger partial charge < -0.3 is 10.2 Å². The Kier molecular flexibility index (Phi) is 6.98. The van der Waals surface area contributed by atoms with Gasteiger partial charge in [-0.05, 0) is 81.0 Å². The van der Waals surface area contributed by atoms with Crippen LogP contribution in [0.1, 0.15) is 43.7 Å². The Labute approximate surface area is 224 Å². The van der Waals surface area contributed by atoms with Gasteiger partial charge in [-0.1, -0.05) is 11.6 Å². The SMILES string of the molecule is C[C@@H]1Cc2cc(S(=O)(=O)N3CCC(C(=O)Nc4ccc(Cl)c(C(F)(F)F)c4)CC3)ccc2N1C(=O)C1CC1. The molecule has 7 nitrogen and oxygen atoms in total. The average Bonchev–Trinajstić information content (AvgIpc) is 3.66. The van der Waals surface area contributed by atoms with Gasteiger partial charge in [-0.2, -0.15) is 17.5 Å². The summed E-state index contributed by atoms with van der Waals surface area (Å²) in [6.45, 7) is 2.17. The van der Waals surface area contributed by atoms with Crippen molar-refractivity contribution in [1.82, 2.24) is 4.31 Å². The van der Waals surface area contributed by atoms with Crippen LogP contribution in [0.15, 0.2) is 41.3 Å². The molecule has 0 unspecified atom stereocenters. The molecule has 2 amide bonds. The van der Waals surface area contributed by atoms with Crippen LogP contribution in [0.25, 0.3) is 0 Å². The minimum Gasteiger partial charge on any atom is -0.326 e. The molecule has 0 bridgehead atoms. The standard InChI is InChI=1S/C26H27ClF3N3O4S/c1-15-12-18-13-20(5-7-23(18)33(15)25(35)17-2-3-17)38(36,37)32-10-8-16(9-11-32)24(34)31-19-4-6-22(27)21(14-19)26(28,29)30/h4-7,13-17H,2-3,8-12H2,1H3,(H,31,34)/t15-/m1/s1. The Morgan fingerprint density at radius 3 is 2.32 bits per heavy atom. The molecule has 1 N–H and O–H groups in total. The topological polar surface area (TPSA) is 86.8 Å². The second kappa shape index (κ2) is 9.84. The van der Waals surface area contributed by atoms with Gasteiger partial charge in [0.25, 0.3) is 0 Å². The first-order valence-electron chi connectivity index (χ1n) is 12.5.